The fourth-order valence-electron chi connectivity index (χ4n) is 2.48. The number of amides is 1. The summed E-state index contributed by atoms with van der Waals surface area (Å²) in [5, 5.41) is 0. The van der Waals surface area contributed by atoms with Crippen LogP contribution in [0.1, 0.15) is 33.1 Å². The Morgan fingerprint density at radius 3 is 2.22 bits per heavy atom. The third kappa shape index (κ3) is 3.69. The molecule has 0 radical (unpaired) electrons. The smallest absolute Gasteiger partial charge is 0.230 e. The molecule has 0 aromatic rings. The van der Waals surface area contributed by atoms with Crippen molar-refractivity contribution in [2.24, 2.45) is 17.1 Å². The van der Waals surface area contributed by atoms with Crippen LogP contribution < -0.4 is 5.73 Å². The lowest BCUT2D eigenvalue weighted by molar-refractivity contribution is -0.147. The number of carbonyl (C=O) groups is 1. The van der Waals surface area contributed by atoms with Crippen LogP contribution in [0.25, 0.3) is 0 Å². The van der Waals surface area contributed by atoms with Gasteiger partial charge in [0, 0.05) is 26.2 Å². The van der Waals surface area contributed by atoms with E-state index in [1.165, 1.54) is 0 Å². The van der Waals surface area contributed by atoms with Gasteiger partial charge in [-0.2, -0.15) is 0 Å². The Labute approximate surface area is 111 Å². The van der Waals surface area contributed by atoms with Crippen molar-refractivity contribution >= 4 is 5.91 Å². The van der Waals surface area contributed by atoms with Gasteiger partial charge in [-0.15, -0.1) is 0 Å². The van der Waals surface area contributed by atoms with Gasteiger partial charge in [-0.25, -0.2) is 0 Å². The van der Waals surface area contributed by atoms with Crippen molar-refractivity contribution in [1.29, 1.82) is 0 Å². The fourth-order valence-corrected chi connectivity index (χ4v) is 2.48. The second kappa shape index (κ2) is 6.53. The number of hydrogen-bond donors (Lipinski definition) is 1. The van der Waals surface area contributed by atoms with E-state index in [1.54, 1.807) is 0 Å². The van der Waals surface area contributed by atoms with Crippen LogP contribution in [0, 0.1) is 11.3 Å². The van der Waals surface area contributed by atoms with Gasteiger partial charge >= 0.3 is 0 Å². The average Bonchev–Trinajstić information content (AvgIpc) is 2.22. The van der Waals surface area contributed by atoms with E-state index in [-0.39, 0.29) is 11.3 Å². The zero-order valence-corrected chi connectivity index (χ0v) is 12.4. The maximum absolute atomic E-state index is 12.7. The molecule has 1 saturated carbocycles. The van der Waals surface area contributed by atoms with Crippen LogP contribution in [0.15, 0.2) is 0 Å². The van der Waals surface area contributed by atoms with Gasteiger partial charge in [-0.05, 0) is 32.9 Å². The number of likely N-dealkylation sites (N-methyl/N-ethyl adjacent to an activating group) is 1. The molecule has 0 aromatic carbocycles. The molecule has 0 bridgehead atoms. The van der Waals surface area contributed by atoms with E-state index in [4.69, 9.17) is 5.73 Å². The van der Waals surface area contributed by atoms with Gasteiger partial charge in [0.25, 0.3) is 0 Å². The molecule has 1 aliphatic carbocycles. The Kier molecular flexibility index (Phi) is 5.60. The molecule has 4 heteroatoms. The number of nitrogens with zero attached hydrogens (tertiary/aromatic N) is 2. The predicted octanol–water partition coefficient (Wildman–Crippen LogP) is 1.16. The molecule has 1 rings (SSSR count). The third-order valence-corrected chi connectivity index (χ3v) is 3.84. The Balaban J connectivity index is 2.65. The van der Waals surface area contributed by atoms with E-state index in [2.05, 4.69) is 18.7 Å². The fraction of sp³-hybridized carbons (Fsp3) is 0.929. The Morgan fingerprint density at radius 2 is 1.89 bits per heavy atom. The molecule has 0 saturated heterocycles. The van der Waals surface area contributed by atoms with Crippen LogP contribution in [-0.2, 0) is 4.79 Å². The minimum absolute atomic E-state index is 0.235. The van der Waals surface area contributed by atoms with E-state index < -0.39 is 0 Å². The summed E-state index contributed by atoms with van der Waals surface area (Å²) in [5.74, 6) is 0.790. The van der Waals surface area contributed by atoms with Crippen molar-refractivity contribution < 1.29 is 4.79 Å². The van der Waals surface area contributed by atoms with Crippen molar-refractivity contribution in [3.8, 4) is 0 Å². The van der Waals surface area contributed by atoms with Crippen molar-refractivity contribution in [1.82, 2.24) is 9.80 Å². The molecular formula is C14H29N3O. The van der Waals surface area contributed by atoms with Crippen LogP contribution in [0.4, 0.5) is 0 Å². The van der Waals surface area contributed by atoms with Gasteiger partial charge in [-0.1, -0.05) is 20.3 Å². The summed E-state index contributed by atoms with van der Waals surface area (Å²) in [6.07, 6.45) is 3.09. The van der Waals surface area contributed by atoms with Crippen molar-refractivity contribution in [3.63, 3.8) is 0 Å². The van der Waals surface area contributed by atoms with Crippen LogP contribution >= 0.6 is 0 Å². The second-order valence-electron chi connectivity index (χ2n) is 6.29. The van der Waals surface area contributed by atoms with Gasteiger partial charge in [0.2, 0.25) is 5.91 Å². The van der Waals surface area contributed by atoms with Gasteiger partial charge in [0.15, 0.2) is 0 Å². The number of carbonyl (C=O) groups excluding carboxylic acids is 1. The molecule has 0 aliphatic heterocycles. The number of rotatable bonds is 7. The summed E-state index contributed by atoms with van der Waals surface area (Å²) < 4.78 is 0. The molecule has 0 aromatic heterocycles. The topological polar surface area (TPSA) is 49.6 Å². The van der Waals surface area contributed by atoms with Gasteiger partial charge < -0.3 is 15.5 Å². The summed E-state index contributed by atoms with van der Waals surface area (Å²) >= 11 is 0. The van der Waals surface area contributed by atoms with E-state index >= 15 is 0 Å². The first-order chi connectivity index (χ1) is 8.41. The minimum Gasteiger partial charge on any atom is -0.341 e. The van der Waals surface area contributed by atoms with E-state index in [0.29, 0.717) is 12.5 Å². The van der Waals surface area contributed by atoms with E-state index in [9.17, 15) is 4.79 Å². The molecule has 0 spiro atoms. The lowest BCUT2D eigenvalue weighted by atomic mass is 9.67. The quantitative estimate of drug-likeness (QED) is 0.743. The Morgan fingerprint density at radius 1 is 1.28 bits per heavy atom. The van der Waals surface area contributed by atoms with Gasteiger partial charge in [0.1, 0.15) is 0 Å². The van der Waals surface area contributed by atoms with E-state index in [0.717, 1.165) is 38.9 Å². The average molecular weight is 255 g/mol. The largest absolute Gasteiger partial charge is 0.341 e. The van der Waals surface area contributed by atoms with Crippen LogP contribution in [0.3, 0.4) is 0 Å². The van der Waals surface area contributed by atoms with Gasteiger partial charge in [-0.3, -0.25) is 4.79 Å². The normalized spacial score (nSPS) is 17.9. The highest BCUT2D eigenvalue weighted by molar-refractivity contribution is 5.84. The monoisotopic (exact) mass is 255 g/mol. The third-order valence-electron chi connectivity index (χ3n) is 3.84. The van der Waals surface area contributed by atoms with Crippen LogP contribution in [0.5, 0.6) is 0 Å². The molecule has 0 atom stereocenters. The maximum atomic E-state index is 12.7. The van der Waals surface area contributed by atoms with Crippen LogP contribution in [0.2, 0.25) is 0 Å². The lowest BCUT2D eigenvalue weighted by Gasteiger charge is -2.43. The summed E-state index contributed by atoms with van der Waals surface area (Å²) in [5.41, 5.74) is 5.60. The molecule has 0 unspecified atom stereocenters. The van der Waals surface area contributed by atoms with Crippen LogP contribution in [-0.4, -0.2) is 56.0 Å². The highest BCUT2D eigenvalue weighted by atomic mass is 16.2. The van der Waals surface area contributed by atoms with Crippen molar-refractivity contribution in [2.75, 3.05) is 40.3 Å². The molecule has 1 fully saturated rings. The van der Waals surface area contributed by atoms with Gasteiger partial charge in [0.05, 0.1) is 5.41 Å². The molecule has 1 amide bonds. The summed E-state index contributed by atoms with van der Waals surface area (Å²) in [6.45, 7) is 7.39. The van der Waals surface area contributed by atoms with Crippen molar-refractivity contribution in [3.05, 3.63) is 0 Å². The van der Waals surface area contributed by atoms with E-state index in [1.807, 2.05) is 19.0 Å². The number of nitrogens with two attached hydrogens (primary N) is 1. The first-order valence-corrected chi connectivity index (χ1v) is 7.05. The zero-order chi connectivity index (χ0) is 13.8. The second-order valence-corrected chi connectivity index (χ2v) is 6.29. The SMILES string of the molecule is CC(C)CN(CCN(C)C)C(=O)C1(CN)CCC1. The first kappa shape index (κ1) is 15.4. The molecule has 4 nitrogen and oxygen atoms in total. The summed E-state index contributed by atoms with van der Waals surface area (Å²) in [7, 11) is 4.08. The molecule has 18 heavy (non-hydrogen) atoms. The molecule has 2 N–H and O–H groups in total. The predicted molar refractivity (Wildman–Crippen MR) is 75.3 cm³/mol. The van der Waals surface area contributed by atoms with Crippen molar-refractivity contribution in [2.45, 2.75) is 33.1 Å². The standard InChI is InChI=1S/C14H29N3O/c1-12(2)10-17(9-8-16(3)4)13(18)14(11-15)6-5-7-14/h12H,5-11,15H2,1-4H3. The Hall–Kier alpha value is -0.610. The zero-order valence-electron chi connectivity index (χ0n) is 12.4. The summed E-state index contributed by atoms with van der Waals surface area (Å²) in [6, 6.07) is 0. The minimum atomic E-state index is -0.235. The highest BCUT2D eigenvalue weighted by Gasteiger charge is 2.44. The lowest BCUT2D eigenvalue weighted by Crippen LogP contribution is -2.53. The highest BCUT2D eigenvalue weighted by Crippen LogP contribution is 2.41. The molecule has 1 aliphatic rings. The molecule has 0 heterocycles. The Bertz CT molecular complexity index is 267. The number of hydrogen-bond acceptors (Lipinski definition) is 3. The first-order valence-electron chi connectivity index (χ1n) is 7.05. The maximum Gasteiger partial charge on any atom is 0.230 e. The molecule has 106 valence electrons. The summed E-state index contributed by atoms with van der Waals surface area (Å²) in [4.78, 5) is 16.8. The molecular weight excluding hydrogens is 226 g/mol.